The fraction of sp³-hybridized carbons (Fsp3) is 0. The van der Waals surface area contributed by atoms with E-state index in [0.717, 1.165) is 0 Å². The molecule has 0 fully saturated rings. The number of carbonyl (C=O) groups is 9. The number of anilines is 2. The first kappa shape index (κ1) is 63.2. The predicted molar refractivity (Wildman–Crippen MR) is 386 cm³/mol. The van der Waals surface area contributed by atoms with Crippen molar-refractivity contribution in [2.45, 2.75) is 0 Å². The van der Waals surface area contributed by atoms with Gasteiger partial charge in [0.15, 0.2) is 0 Å². The number of pyridine rings is 4. The largest absolute Gasteiger partial charge is 0.478 e. The molecule has 0 saturated heterocycles. The number of aromatic nitrogens is 8. The number of carbonyl (C=O) groups excluding carboxylic acids is 4. The number of hydrogen-bond donors (Lipinski definition) is 7. The van der Waals surface area contributed by atoms with E-state index in [4.69, 9.17) is 16.6 Å². The summed E-state index contributed by atoms with van der Waals surface area (Å²) >= 11 is 0. The quantitative estimate of drug-likeness (QED) is 0.0365. The molecule has 2 aliphatic heterocycles. The Morgan fingerprint density at radius 3 is 0.729 bits per heavy atom. The van der Waals surface area contributed by atoms with Crippen molar-refractivity contribution >= 4 is 207 Å². The minimum absolute atomic E-state index is 0.0413. The van der Waals surface area contributed by atoms with Crippen LogP contribution in [0.25, 0.3) is 142 Å². The molecule has 8 aromatic heterocycles. The highest BCUT2D eigenvalue weighted by Crippen LogP contribution is 2.41. The fourth-order valence-corrected chi connectivity index (χ4v) is 14.6. The first-order chi connectivity index (χ1) is 51.3. The molecule has 0 unspecified atom stereocenters. The van der Waals surface area contributed by atoms with E-state index in [1.807, 2.05) is 12.1 Å². The van der Waals surface area contributed by atoms with Crippen LogP contribution in [0.2, 0.25) is 0 Å². The van der Waals surface area contributed by atoms with Gasteiger partial charge in [0.05, 0.1) is 106 Å². The highest BCUT2D eigenvalue weighted by molar-refractivity contribution is 6.31. The second-order valence-corrected chi connectivity index (χ2v) is 25.1. The zero-order valence-corrected chi connectivity index (χ0v) is 53.7. The summed E-state index contributed by atoms with van der Waals surface area (Å²) in [5.41, 5.74) is 15.8. The molecule has 19 aromatic rings. The Hall–Kier alpha value is -16.0. The molecule has 0 spiro atoms. The number of nitrogens with zero attached hydrogens (tertiary/aromatic N) is 8. The van der Waals surface area contributed by atoms with Gasteiger partial charge in [-0.25, -0.2) is 63.1 Å². The summed E-state index contributed by atoms with van der Waals surface area (Å²) in [4.78, 5) is 177. The summed E-state index contributed by atoms with van der Waals surface area (Å²) in [5.74, 6) is -8.62. The van der Waals surface area contributed by atoms with Gasteiger partial charge in [0.2, 0.25) is 0 Å². The average molecular weight is 1420 g/mol. The minimum Gasteiger partial charge on any atom is -0.478 e. The number of aromatic carboxylic acids is 5. The van der Waals surface area contributed by atoms with Crippen LogP contribution in [0.3, 0.4) is 0 Å². The van der Waals surface area contributed by atoms with Crippen LogP contribution < -0.4 is 33.7 Å². The van der Waals surface area contributed by atoms with E-state index in [-0.39, 0.29) is 83.1 Å². The van der Waals surface area contributed by atoms with E-state index >= 15 is 0 Å². The average Bonchev–Trinajstić information content (AvgIpc) is 1.66. The van der Waals surface area contributed by atoms with Crippen molar-refractivity contribution in [2.75, 3.05) is 11.5 Å². The van der Waals surface area contributed by atoms with Crippen LogP contribution >= 0.6 is 0 Å². The Balaban J connectivity index is 0.000000110. The number of ether oxygens (including phenoxy) is 2. The van der Waals surface area contributed by atoms with Gasteiger partial charge in [-0.15, -0.1) is 0 Å². The summed E-state index contributed by atoms with van der Waals surface area (Å²) in [5, 5.41) is 53.1. The van der Waals surface area contributed by atoms with Gasteiger partial charge in [0.1, 0.15) is 22.6 Å². The maximum Gasteiger partial charge on any atom is 0.346 e. The molecule has 11 aromatic carbocycles. The lowest BCUT2D eigenvalue weighted by Crippen LogP contribution is -2.25. The van der Waals surface area contributed by atoms with E-state index in [1.54, 1.807) is 60.7 Å². The third kappa shape index (κ3) is 8.95. The minimum atomic E-state index is -1.11. The Labute approximate surface area is 587 Å². The Morgan fingerprint density at radius 1 is 0.271 bits per heavy atom. The standard InChI is InChI=1S/2C28H12N4O6.C14H4O6.C7H8N2O2/c33-25-15-6-4-14-22-16(26(34)32-20-10-12(28(37)38)2-8-18(20)30-24(14)32)5-3-13(21(15)22)23-29-17-7-1-11(27(35)36)9-19(17)31(23)25;33-25-15-5-6-16-22-14(24-30-18-8-2-12(28(37)38)10-20(18)32(24)26(16)34)4-3-13(21(15)22)23-29-17-7-1-11(27(35)36)9-19(17)31(23)25;15-11-5-1-2-6-10-8(14(18)20-12(6)16)4-3-7(9(5)10)13(17)19-11;8-5-2-1-4(7(10)11)3-6(5)9/h2*1-10H,(H,35,36)(H,37,38);1-4H;1-3H,8-9H2,(H,10,11). The number of hydrogen-bond acceptors (Lipinski definition) is 21. The number of fused-ring (bicyclic) bond motifs is 16. The van der Waals surface area contributed by atoms with Crippen LogP contribution in [0.1, 0.15) is 93.2 Å². The van der Waals surface area contributed by atoms with Crippen molar-refractivity contribution in [1.29, 1.82) is 0 Å². The Bertz CT molecular complexity index is 7010. The topological polar surface area (TPSA) is 463 Å². The third-order valence-corrected chi connectivity index (χ3v) is 19.4. The van der Waals surface area contributed by atoms with E-state index < -0.39 is 53.7 Å². The molecule has 107 heavy (non-hydrogen) atoms. The molecule has 30 nitrogen and oxygen atoms in total. The highest BCUT2D eigenvalue weighted by Gasteiger charge is 2.36. The smallest absolute Gasteiger partial charge is 0.346 e. The molecule has 0 atom stereocenters. The lowest BCUT2D eigenvalue weighted by molar-refractivity contribution is 0.0366. The zero-order chi connectivity index (χ0) is 74.5. The van der Waals surface area contributed by atoms with Crippen LogP contribution in [-0.4, -0.2) is 117 Å². The van der Waals surface area contributed by atoms with E-state index in [9.17, 15) is 82.8 Å². The van der Waals surface area contributed by atoms with Crippen molar-refractivity contribution in [2.24, 2.45) is 0 Å². The summed E-state index contributed by atoms with van der Waals surface area (Å²) in [7, 11) is 0. The van der Waals surface area contributed by atoms with Gasteiger partial charge in [-0.05, 0) is 164 Å². The maximum absolute atomic E-state index is 13.8. The predicted octanol–water partition coefficient (Wildman–Crippen LogP) is 9.49. The molecule has 21 rings (SSSR count). The molecule has 0 aliphatic carbocycles. The van der Waals surface area contributed by atoms with Gasteiger partial charge in [-0.3, -0.25) is 36.8 Å². The molecule has 0 saturated carbocycles. The van der Waals surface area contributed by atoms with Crippen molar-refractivity contribution in [3.63, 3.8) is 0 Å². The molecular weight excluding hydrogens is 1380 g/mol. The molecule has 2 aliphatic rings. The van der Waals surface area contributed by atoms with E-state index in [1.165, 1.54) is 109 Å². The van der Waals surface area contributed by atoms with Crippen LogP contribution in [0.4, 0.5) is 11.4 Å². The van der Waals surface area contributed by atoms with Gasteiger partial charge >= 0.3 is 53.7 Å². The molecule has 514 valence electrons. The molecular formula is C77H36N10O20. The van der Waals surface area contributed by atoms with Gasteiger partial charge in [0.25, 0.3) is 22.2 Å². The number of benzene rings is 11. The van der Waals surface area contributed by atoms with Gasteiger partial charge in [-0.1, -0.05) is 0 Å². The van der Waals surface area contributed by atoms with Crippen molar-refractivity contribution in [1.82, 2.24) is 37.5 Å². The number of nitrogens with two attached hydrogens (primary N) is 2. The van der Waals surface area contributed by atoms with Crippen molar-refractivity contribution in [3.8, 4) is 0 Å². The maximum atomic E-state index is 13.8. The number of carboxylic acid groups (broad SMARTS) is 5. The molecule has 9 N–H and O–H groups in total. The number of imidazole rings is 4. The van der Waals surface area contributed by atoms with Gasteiger partial charge < -0.3 is 46.5 Å². The normalized spacial score (nSPS) is 12.7. The number of rotatable bonds is 5. The Morgan fingerprint density at radius 2 is 0.495 bits per heavy atom. The summed E-state index contributed by atoms with van der Waals surface area (Å²) < 4.78 is 14.9. The number of cyclic esters (lactones) is 4. The monoisotopic (exact) mass is 1420 g/mol. The van der Waals surface area contributed by atoms with Crippen molar-refractivity contribution < 1.29 is 78.2 Å². The van der Waals surface area contributed by atoms with Crippen LogP contribution in [0.15, 0.2) is 183 Å². The van der Waals surface area contributed by atoms with Gasteiger partial charge in [0, 0.05) is 75.4 Å². The third-order valence-electron chi connectivity index (χ3n) is 19.4. The van der Waals surface area contributed by atoms with Crippen molar-refractivity contribution in [3.05, 3.63) is 255 Å². The number of carboxylic acids is 5. The van der Waals surface area contributed by atoms with Gasteiger partial charge in [-0.2, -0.15) is 0 Å². The first-order valence-corrected chi connectivity index (χ1v) is 31.8. The van der Waals surface area contributed by atoms with Crippen LogP contribution in [0.5, 0.6) is 0 Å². The molecule has 0 bridgehead atoms. The van der Waals surface area contributed by atoms with Crippen LogP contribution in [0, 0.1) is 0 Å². The zero-order valence-electron chi connectivity index (χ0n) is 53.7. The summed E-state index contributed by atoms with van der Waals surface area (Å²) in [6.45, 7) is 0. The second kappa shape index (κ2) is 22.2. The molecule has 10 heterocycles. The number of esters is 4. The fourth-order valence-electron chi connectivity index (χ4n) is 14.6. The second-order valence-electron chi connectivity index (χ2n) is 25.1. The lowest BCUT2D eigenvalue weighted by Gasteiger charge is -2.21. The molecule has 0 radical (unpaired) electrons. The molecule has 0 amide bonds. The molecule has 30 heteroatoms. The number of nitrogen functional groups attached to an aromatic ring is 2. The summed E-state index contributed by atoms with van der Waals surface area (Å²) in [6, 6.07) is 41.1. The highest BCUT2D eigenvalue weighted by atomic mass is 16.6. The van der Waals surface area contributed by atoms with Crippen LogP contribution in [-0.2, 0) is 9.47 Å². The summed E-state index contributed by atoms with van der Waals surface area (Å²) in [6.07, 6.45) is 0. The SMILES string of the molecule is Nc1ccc(C(=O)O)cc1N.O=C(O)c1ccc2nc3c4ccc5c(=O)n6c7cc(C(=O)O)ccc7nc6c6ccc(c(=O)n3c2c1)c4c56.O=C(O)c1ccc2nc3c4ccc5c6c(ccc(c(=O)n3c2c1)c46)c(=O)n1c2cc(C(=O)O)ccc2nc51.O=C1OC(=O)c2ccc3c4c(ccc1c24)C(=O)OC3=O. The van der Waals surface area contributed by atoms with E-state index in [0.29, 0.717) is 143 Å². The van der Waals surface area contributed by atoms with E-state index in [2.05, 4.69) is 29.4 Å². The Kier molecular flexibility index (Phi) is 13.1. The first-order valence-electron chi connectivity index (χ1n) is 31.8. The lowest BCUT2D eigenvalue weighted by atomic mass is 9.89.